The quantitative estimate of drug-likeness (QED) is 0.724. The molecule has 3 atom stereocenters. The summed E-state index contributed by atoms with van der Waals surface area (Å²) in [5.41, 5.74) is 1.07. The van der Waals surface area contributed by atoms with Crippen molar-refractivity contribution in [2.24, 2.45) is 0 Å². The fourth-order valence-corrected chi connectivity index (χ4v) is 4.82. The van der Waals surface area contributed by atoms with Crippen LogP contribution in [0.3, 0.4) is 0 Å². The summed E-state index contributed by atoms with van der Waals surface area (Å²) >= 11 is 5.25. The normalized spacial score (nSPS) is 24.5. The van der Waals surface area contributed by atoms with E-state index in [0.717, 1.165) is 40.5 Å². The van der Waals surface area contributed by atoms with Gasteiger partial charge in [0.05, 0.1) is 4.88 Å². The van der Waals surface area contributed by atoms with Crippen LogP contribution in [0.15, 0.2) is 34.9 Å². The molecule has 0 bridgehead atoms. The van der Waals surface area contributed by atoms with E-state index in [1.54, 1.807) is 16.2 Å². The molecule has 0 amide bonds. The van der Waals surface area contributed by atoms with E-state index in [-0.39, 0.29) is 0 Å². The van der Waals surface area contributed by atoms with E-state index in [9.17, 15) is 0 Å². The zero-order valence-electron chi connectivity index (χ0n) is 13.7. The summed E-state index contributed by atoms with van der Waals surface area (Å²) in [7, 11) is 0. The third-order valence-electron chi connectivity index (χ3n) is 4.28. The molecule has 3 heterocycles. The van der Waals surface area contributed by atoms with E-state index in [2.05, 4.69) is 62.7 Å². The van der Waals surface area contributed by atoms with Crippen LogP contribution in [0.2, 0.25) is 0 Å². The minimum absolute atomic E-state index is 0.326. The van der Waals surface area contributed by atoms with Crippen molar-refractivity contribution in [1.29, 1.82) is 0 Å². The van der Waals surface area contributed by atoms with E-state index in [1.807, 2.05) is 12.1 Å². The van der Waals surface area contributed by atoms with E-state index in [4.69, 9.17) is 4.74 Å². The average Bonchev–Trinajstić information content (AvgIpc) is 3.05. The highest BCUT2D eigenvalue weighted by atomic mass is 79.9. The maximum absolute atomic E-state index is 5.84. The largest absolute Gasteiger partial charge is 0.364 e. The van der Waals surface area contributed by atoms with Crippen molar-refractivity contribution in [3.8, 4) is 11.4 Å². The van der Waals surface area contributed by atoms with E-state index >= 15 is 0 Å². The first-order valence-corrected chi connectivity index (χ1v) is 9.78. The van der Waals surface area contributed by atoms with Gasteiger partial charge in [-0.2, -0.15) is 0 Å². The number of nitrogens with zero attached hydrogens (tertiary/aromatic N) is 3. The second-order valence-corrected chi connectivity index (χ2v) is 8.49. The van der Waals surface area contributed by atoms with Crippen molar-refractivity contribution in [1.82, 2.24) is 14.6 Å². The van der Waals surface area contributed by atoms with Crippen molar-refractivity contribution in [3.05, 3.63) is 39.8 Å². The maximum atomic E-state index is 5.84. The number of aromatic nitrogens is 3. The predicted octanol–water partition coefficient (Wildman–Crippen LogP) is 2.41. The Morgan fingerprint density at radius 2 is 2.08 bits per heavy atom. The number of benzene rings is 1. The Balaban J connectivity index is 1.60. The third-order valence-corrected chi connectivity index (χ3v) is 5.75. The molecule has 0 saturated carbocycles. The Morgan fingerprint density at radius 1 is 1.29 bits per heavy atom. The lowest BCUT2D eigenvalue weighted by Crippen LogP contribution is -3.14. The Morgan fingerprint density at radius 3 is 2.83 bits per heavy atom. The fraction of sp³-hybridized carbons (Fsp3) is 0.412. The molecule has 0 radical (unpaired) electrons. The number of hydrogen-bond donors (Lipinski definition) is 1. The summed E-state index contributed by atoms with van der Waals surface area (Å²) in [4.78, 5) is 3.86. The molecule has 1 unspecified atom stereocenters. The lowest BCUT2D eigenvalue weighted by molar-refractivity contribution is -0.928. The molecule has 5 nitrogen and oxygen atoms in total. The molecule has 0 aliphatic carbocycles. The fourth-order valence-electron chi connectivity index (χ4n) is 3.44. The second kappa shape index (κ2) is 6.55. The van der Waals surface area contributed by atoms with Gasteiger partial charge in [0.1, 0.15) is 31.8 Å². The molecule has 1 N–H and O–H groups in total. The van der Waals surface area contributed by atoms with Gasteiger partial charge >= 0.3 is 0 Å². The summed E-state index contributed by atoms with van der Waals surface area (Å²) < 4.78 is 8.99. The SMILES string of the molecule is C[C@@H]1C[NH+](Cc2cn3c(-c4cccc(Br)c4)nnc3s2)C[C@H](C)O1. The van der Waals surface area contributed by atoms with Crippen LogP contribution >= 0.6 is 27.3 Å². The molecule has 2 aromatic heterocycles. The van der Waals surface area contributed by atoms with Crippen LogP contribution in [0.25, 0.3) is 16.3 Å². The third kappa shape index (κ3) is 3.26. The summed E-state index contributed by atoms with van der Waals surface area (Å²) in [5, 5.41) is 8.71. The van der Waals surface area contributed by atoms with Crippen LogP contribution in [0.5, 0.6) is 0 Å². The van der Waals surface area contributed by atoms with Crippen molar-refractivity contribution >= 4 is 32.2 Å². The first-order valence-electron chi connectivity index (χ1n) is 8.17. The van der Waals surface area contributed by atoms with Crippen molar-refractivity contribution in [2.75, 3.05) is 13.1 Å². The molecule has 3 aromatic rings. The van der Waals surface area contributed by atoms with E-state index in [1.165, 1.54) is 4.88 Å². The number of halogens is 1. The molecule has 1 aliphatic heterocycles. The molecule has 24 heavy (non-hydrogen) atoms. The van der Waals surface area contributed by atoms with Crippen LogP contribution in [-0.2, 0) is 11.3 Å². The summed E-state index contributed by atoms with van der Waals surface area (Å²) in [5.74, 6) is 0.896. The molecule has 4 rings (SSSR count). The standard InChI is InChI=1S/C17H19BrN4OS/c1-11-7-21(8-12(2)23-11)9-15-10-22-16(19-20-17(22)24-15)13-4-3-5-14(18)6-13/h3-6,10-12H,7-9H2,1-2H3/p+1/t11-,12+. The van der Waals surface area contributed by atoms with Gasteiger partial charge in [-0.05, 0) is 26.0 Å². The molecule has 7 heteroatoms. The average molecular weight is 408 g/mol. The minimum Gasteiger partial charge on any atom is -0.364 e. The predicted molar refractivity (Wildman–Crippen MR) is 98.4 cm³/mol. The molecular weight excluding hydrogens is 388 g/mol. The van der Waals surface area contributed by atoms with E-state index in [0.29, 0.717) is 12.2 Å². The maximum Gasteiger partial charge on any atom is 0.216 e. The van der Waals surface area contributed by atoms with Gasteiger partial charge in [-0.3, -0.25) is 4.40 Å². The van der Waals surface area contributed by atoms with Crippen LogP contribution in [0, 0.1) is 0 Å². The van der Waals surface area contributed by atoms with Crippen molar-refractivity contribution in [2.45, 2.75) is 32.6 Å². The lowest BCUT2D eigenvalue weighted by atomic mass is 10.2. The topological polar surface area (TPSA) is 43.9 Å². The van der Waals surface area contributed by atoms with Gasteiger partial charge in [0, 0.05) is 16.2 Å². The monoisotopic (exact) mass is 407 g/mol. The number of quaternary nitrogens is 1. The second-order valence-electron chi connectivity index (χ2n) is 6.48. The number of rotatable bonds is 3. The van der Waals surface area contributed by atoms with Crippen LogP contribution in [0.1, 0.15) is 18.7 Å². The van der Waals surface area contributed by atoms with Gasteiger partial charge in [-0.15, -0.1) is 10.2 Å². The number of ether oxygens (including phenoxy) is 1. The highest BCUT2D eigenvalue weighted by Gasteiger charge is 2.26. The molecule has 1 aromatic carbocycles. The molecule has 1 fully saturated rings. The van der Waals surface area contributed by atoms with Crippen molar-refractivity contribution < 1.29 is 9.64 Å². The summed E-state index contributed by atoms with van der Waals surface area (Å²) in [6.45, 7) is 7.45. The van der Waals surface area contributed by atoms with Gasteiger partial charge in [0.2, 0.25) is 4.96 Å². The van der Waals surface area contributed by atoms with E-state index < -0.39 is 0 Å². The highest BCUT2D eigenvalue weighted by molar-refractivity contribution is 9.10. The Bertz CT molecular complexity index is 851. The molecule has 126 valence electrons. The Kier molecular flexibility index (Phi) is 4.42. The lowest BCUT2D eigenvalue weighted by Gasteiger charge is -2.32. The highest BCUT2D eigenvalue weighted by Crippen LogP contribution is 2.25. The number of thiazole rings is 1. The first kappa shape index (κ1) is 16.2. The van der Waals surface area contributed by atoms with Gasteiger partial charge < -0.3 is 9.64 Å². The smallest absolute Gasteiger partial charge is 0.216 e. The molecule has 0 spiro atoms. The zero-order chi connectivity index (χ0) is 16.7. The van der Waals surface area contributed by atoms with Crippen LogP contribution < -0.4 is 4.90 Å². The van der Waals surface area contributed by atoms with Gasteiger partial charge in [-0.1, -0.05) is 39.4 Å². The molecular formula is C17H20BrN4OS+. The van der Waals surface area contributed by atoms with Gasteiger partial charge in [0.25, 0.3) is 0 Å². The van der Waals surface area contributed by atoms with Crippen LogP contribution in [0.4, 0.5) is 0 Å². The molecule has 1 saturated heterocycles. The Hall–Kier alpha value is -1.28. The van der Waals surface area contributed by atoms with Gasteiger partial charge in [-0.25, -0.2) is 0 Å². The number of fused-ring (bicyclic) bond motifs is 1. The zero-order valence-corrected chi connectivity index (χ0v) is 16.1. The van der Waals surface area contributed by atoms with Gasteiger partial charge in [0.15, 0.2) is 5.82 Å². The summed E-state index contributed by atoms with van der Waals surface area (Å²) in [6, 6.07) is 8.18. The van der Waals surface area contributed by atoms with Crippen LogP contribution in [-0.4, -0.2) is 39.9 Å². The summed E-state index contributed by atoms with van der Waals surface area (Å²) in [6.07, 6.45) is 2.84. The first-order chi connectivity index (χ1) is 11.6. The Labute approximate surface area is 153 Å². The number of hydrogen-bond acceptors (Lipinski definition) is 4. The van der Waals surface area contributed by atoms with Crippen molar-refractivity contribution in [3.63, 3.8) is 0 Å². The number of nitrogens with one attached hydrogen (secondary N) is 1. The minimum atomic E-state index is 0.326. The molecule has 1 aliphatic rings. The number of morpholine rings is 1.